The molecule has 0 aliphatic heterocycles. The van der Waals surface area contributed by atoms with Crippen molar-refractivity contribution in [2.75, 3.05) is 5.73 Å². The Labute approximate surface area is 88.9 Å². The second-order valence-electron chi connectivity index (χ2n) is 2.55. The van der Waals surface area contributed by atoms with Crippen LogP contribution in [0, 0.1) is 3.57 Å². The van der Waals surface area contributed by atoms with E-state index in [1.807, 2.05) is 18.2 Å². The number of aromatic nitrogens is 3. The molecule has 0 amide bonds. The Morgan fingerprint density at radius 2 is 2.23 bits per heavy atom. The summed E-state index contributed by atoms with van der Waals surface area (Å²) in [6, 6.07) is 5.73. The average Bonchev–Trinajstić information content (AvgIpc) is 2.62. The van der Waals surface area contributed by atoms with Crippen LogP contribution in [0.2, 0.25) is 0 Å². The quantitative estimate of drug-likeness (QED) is 0.637. The van der Waals surface area contributed by atoms with E-state index >= 15 is 0 Å². The molecule has 0 saturated heterocycles. The minimum atomic E-state index is 0.782. The fourth-order valence-corrected chi connectivity index (χ4v) is 1.50. The van der Waals surface area contributed by atoms with Crippen molar-refractivity contribution in [1.29, 1.82) is 0 Å². The van der Waals surface area contributed by atoms with Gasteiger partial charge in [-0.25, -0.2) is 9.67 Å². The lowest BCUT2D eigenvalue weighted by Gasteiger charge is -2.02. The van der Waals surface area contributed by atoms with Gasteiger partial charge in [-0.05, 0) is 40.8 Å². The SMILES string of the molecule is Nc1ccc(-n2cncn2)cc1I. The molecule has 4 nitrogen and oxygen atoms in total. The zero-order chi connectivity index (χ0) is 9.26. The summed E-state index contributed by atoms with van der Waals surface area (Å²) in [6.45, 7) is 0. The number of nitrogen functional groups attached to an aromatic ring is 1. The number of nitrogens with two attached hydrogens (primary N) is 1. The molecule has 5 heteroatoms. The van der Waals surface area contributed by atoms with Crippen molar-refractivity contribution >= 4 is 28.3 Å². The Bertz CT molecular complexity index is 410. The van der Waals surface area contributed by atoms with Gasteiger partial charge in [0.15, 0.2) is 0 Å². The van der Waals surface area contributed by atoms with Gasteiger partial charge < -0.3 is 5.73 Å². The molecule has 0 radical (unpaired) electrons. The van der Waals surface area contributed by atoms with Crippen LogP contribution in [0.1, 0.15) is 0 Å². The van der Waals surface area contributed by atoms with Crippen LogP contribution >= 0.6 is 22.6 Å². The van der Waals surface area contributed by atoms with Crippen molar-refractivity contribution in [1.82, 2.24) is 14.8 Å². The molecular formula is C8H7IN4. The maximum atomic E-state index is 5.69. The fourth-order valence-electron chi connectivity index (χ4n) is 1.00. The summed E-state index contributed by atoms with van der Waals surface area (Å²) in [5, 5.41) is 4.02. The first-order valence-electron chi connectivity index (χ1n) is 3.67. The van der Waals surface area contributed by atoms with Crippen LogP contribution in [0.5, 0.6) is 0 Å². The normalized spacial score (nSPS) is 10.2. The maximum Gasteiger partial charge on any atom is 0.138 e. The molecule has 0 bridgehead atoms. The monoisotopic (exact) mass is 286 g/mol. The highest BCUT2D eigenvalue weighted by atomic mass is 127. The lowest BCUT2D eigenvalue weighted by molar-refractivity contribution is 0.878. The number of hydrogen-bond acceptors (Lipinski definition) is 3. The summed E-state index contributed by atoms with van der Waals surface area (Å²) in [5.41, 5.74) is 7.44. The molecule has 2 rings (SSSR count). The maximum absolute atomic E-state index is 5.69. The lowest BCUT2D eigenvalue weighted by Crippen LogP contribution is -1.96. The summed E-state index contributed by atoms with van der Waals surface area (Å²) < 4.78 is 2.72. The molecular weight excluding hydrogens is 279 g/mol. The molecule has 1 aromatic carbocycles. The highest BCUT2D eigenvalue weighted by molar-refractivity contribution is 14.1. The molecule has 0 atom stereocenters. The Kier molecular flexibility index (Phi) is 2.17. The molecule has 2 N–H and O–H groups in total. The lowest BCUT2D eigenvalue weighted by atomic mass is 10.3. The Morgan fingerprint density at radius 1 is 1.38 bits per heavy atom. The predicted octanol–water partition coefficient (Wildman–Crippen LogP) is 1.45. The van der Waals surface area contributed by atoms with E-state index in [-0.39, 0.29) is 0 Å². The second kappa shape index (κ2) is 3.33. The minimum absolute atomic E-state index is 0.782. The molecule has 0 spiro atoms. The van der Waals surface area contributed by atoms with Crippen LogP contribution in [0.4, 0.5) is 5.69 Å². The van der Waals surface area contributed by atoms with Gasteiger partial charge in [-0.15, -0.1) is 0 Å². The van der Waals surface area contributed by atoms with Crippen molar-refractivity contribution in [2.45, 2.75) is 0 Å². The van der Waals surface area contributed by atoms with Crippen LogP contribution in [-0.4, -0.2) is 14.8 Å². The molecule has 0 fully saturated rings. The molecule has 0 aliphatic rings. The average molecular weight is 286 g/mol. The third kappa shape index (κ3) is 1.64. The molecule has 2 aromatic rings. The standard InChI is InChI=1S/C8H7IN4/c9-7-3-6(1-2-8(7)10)13-5-11-4-12-13/h1-5H,10H2. The van der Waals surface area contributed by atoms with Gasteiger partial charge in [0.1, 0.15) is 12.7 Å². The number of nitrogens with zero attached hydrogens (tertiary/aromatic N) is 3. The molecule has 66 valence electrons. The first kappa shape index (κ1) is 8.49. The van der Waals surface area contributed by atoms with Gasteiger partial charge in [0, 0.05) is 9.26 Å². The van der Waals surface area contributed by atoms with E-state index in [9.17, 15) is 0 Å². The van der Waals surface area contributed by atoms with Crippen molar-refractivity contribution < 1.29 is 0 Å². The third-order valence-electron chi connectivity index (χ3n) is 1.67. The Hall–Kier alpha value is -1.11. The zero-order valence-electron chi connectivity index (χ0n) is 6.68. The van der Waals surface area contributed by atoms with Crippen LogP contribution in [0.15, 0.2) is 30.9 Å². The van der Waals surface area contributed by atoms with E-state index in [0.717, 1.165) is 14.9 Å². The smallest absolute Gasteiger partial charge is 0.138 e. The number of hydrogen-bond donors (Lipinski definition) is 1. The van der Waals surface area contributed by atoms with E-state index in [1.165, 1.54) is 6.33 Å². The summed E-state index contributed by atoms with van der Waals surface area (Å²) in [5.74, 6) is 0. The summed E-state index contributed by atoms with van der Waals surface area (Å²) in [4.78, 5) is 3.87. The molecule has 1 heterocycles. The molecule has 0 unspecified atom stereocenters. The zero-order valence-corrected chi connectivity index (χ0v) is 8.84. The Morgan fingerprint density at radius 3 is 2.85 bits per heavy atom. The van der Waals surface area contributed by atoms with Gasteiger partial charge in [0.2, 0.25) is 0 Å². The van der Waals surface area contributed by atoms with Gasteiger partial charge in [-0.1, -0.05) is 0 Å². The van der Waals surface area contributed by atoms with E-state index in [2.05, 4.69) is 32.7 Å². The fraction of sp³-hybridized carbons (Fsp3) is 0. The van der Waals surface area contributed by atoms with Crippen LogP contribution in [-0.2, 0) is 0 Å². The van der Waals surface area contributed by atoms with Gasteiger partial charge in [0.25, 0.3) is 0 Å². The van der Waals surface area contributed by atoms with Crippen molar-refractivity contribution in [2.24, 2.45) is 0 Å². The number of anilines is 1. The molecule has 0 saturated carbocycles. The summed E-state index contributed by atoms with van der Waals surface area (Å²) >= 11 is 2.19. The van der Waals surface area contributed by atoms with E-state index in [4.69, 9.17) is 5.73 Å². The summed E-state index contributed by atoms with van der Waals surface area (Å²) in [6.07, 6.45) is 3.16. The molecule has 13 heavy (non-hydrogen) atoms. The van der Waals surface area contributed by atoms with E-state index in [1.54, 1.807) is 11.0 Å². The van der Waals surface area contributed by atoms with Gasteiger partial charge in [-0.3, -0.25) is 0 Å². The van der Waals surface area contributed by atoms with E-state index < -0.39 is 0 Å². The van der Waals surface area contributed by atoms with E-state index in [0.29, 0.717) is 0 Å². The highest BCUT2D eigenvalue weighted by Crippen LogP contribution is 2.17. The topological polar surface area (TPSA) is 56.7 Å². The number of halogens is 1. The predicted molar refractivity (Wildman–Crippen MR) is 58.5 cm³/mol. The van der Waals surface area contributed by atoms with Gasteiger partial charge in [0.05, 0.1) is 5.69 Å². The number of rotatable bonds is 1. The highest BCUT2D eigenvalue weighted by Gasteiger charge is 1.99. The van der Waals surface area contributed by atoms with Crippen LogP contribution in [0.3, 0.4) is 0 Å². The van der Waals surface area contributed by atoms with Crippen LogP contribution < -0.4 is 5.73 Å². The number of benzene rings is 1. The first-order chi connectivity index (χ1) is 6.27. The van der Waals surface area contributed by atoms with Gasteiger partial charge >= 0.3 is 0 Å². The molecule has 0 aliphatic carbocycles. The van der Waals surface area contributed by atoms with Crippen molar-refractivity contribution in [3.63, 3.8) is 0 Å². The summed E-state index contributed by atoms with van der Waals surface area (Å²) in [7, 11) is 0. The first-order valence-corrected chi connectivity index (χ1v) is 4.75. The molecule has 1 aromatic heterocycles. The minimum Gasteiger partial charge on any atom is -0.398 e. The van der Waals surface area contributed by atoms with Crippen molar-refractivity contribution in [3.8, 4) is 5.69 Å². The van der Waals surface area contributed by atoms with Crippen LogP contribution in [0.25, 0.3) is 5.69 Å². The largest absolute Gasteiger partial charge is 0.398 e. The van der Waals surface area contributed by atoms with Crippen molar-refractivity contribution in [3.05, 3.63) is 34.4 Å². The Balaban J connectivity index is 2.49. The third-order valence-corrected chi connectivity index (χ3v) is 2.60. The van der Waals surface area contributed by atoms with Gasteiger partial charge in [-0.2, -0.15) is 5.10 Å². The second-order valence-corrected chi connectivity index (χ2v) is 3.71.